The molecule has 0 spiro atoms. The molecule has 1 saturated heterocycles. The Bertz CT molecular complexity index is 649. The minimum atomic E-state index is -0.327. The van der Waals surface area contributed by atoms with Gasteiger partial charge in [-0.3, -0.25) is 9.78 Å². The van der Waals surface area contributed by atoms with Crippen molar-refractivity contribution >= 4 is 12.0 Å². The van der Waals surface area contributed by atoms with E-state index in [9.17, 15) is 14.7 Å². The standard InChI is InChI=1S/C18H25N3O4/c1-2-25-18(24)21-7-5-15-14(11-21)8-19-9-16(15)17(23)20-6-3-4-13(10-20)12-22/h8-9,13,22H,2-7,10-12H2,1H3. The fourth-order valence-corrected chi connectivity index (χ4v) is 3.62. The number of pyridine rings is 1. The zero-order valence-corrected chi connectivity index (χ0v) is 14.6. The molecule has 1 aromatic heterocycles. The number of ether oxygens (including phenoxy) is 1. The SMILES string of the molecule is CCOC(=O)N1CCc2c(cncc2C(=O)N2CCCC(CO)C2)C1. The second kappa shape index (κ2) is 7.82. The predicted octanol–water partition coefficient (Wildman–Crippen LogP) is 1.44. The summed E-state index contributed by atoms with van der Waals surface area (Å²) in [5.74, 6) is 0.136. The van der Waals surface area contributed by atoms with Crippen molar-refractivity contribution in [1.82, 2.24) is 14.8 Å². The fraction of sp³-hybridized carbons (Fsp3) is 0.611. The van der Waals surface area contributed by atoms with Crippen LogP contribution in [0.5, 0.6) is 0 Å². The van der Waals surface area contributed by atoms with Crippen LogP contribution >= 0.6 is 0 Å². The Hall–Kier alpha value is -2.15. The maximum Gasteiger partial charge on any atom is 0.410 e. The summed E-state index contributed by atoms with van der Waals surface area (Å²) in [7, 11) is 0. The lowest BCUT2D eigenvalue weighted by molar-refractivity contribution is 0.0618. The highest BCUT2D eigenvalue weighted by atomic mass is 16.6. The second-order valence-corrected chi connectivity index (χ2v) is 6.64. The van der Waals surface area contributed by atoms with E-state index in [0.717, 1.165) is 24.0 Å². The first-order valence-electron chi connectivity index (χ1n) is 8.91. The first-order chi connectivity index (χ1) is 12.1. The largest absolute Gasteiger partial charge is 0.450 e. The molecule has 3 heterocycles. The summed E-state index contributed by atoms with van der Waals surface area (Å²) < 4.78 is 5.06. The van der Waals surface area contributed by atoms with E-state index < -0.39 is 0 Å². The molecule has 2 amide bonds. The molecule has 0 aromatic carbocycles. The molecule has 25 heavy (non-hydrogen) atoms. The summed E-state index contributed by atoms with van der Waals surface area (Å²) in [6, 6.07) is 0. The number of hydrogen-bond acceptors (Lipinski definition) is 5. The van der Waals surface area contributed by atoms with E-state index >= 15 is 0 Å². The lowest BCUT2D eigenvalue weighted by Crippen LogP contribution is -2.42. The number of piperidine rings is 1. The smallest absolute Gasteiger partial charge is 0.410 e. The number of carbonyl (C=O) groups is 2. The maximum absolute atomic E-state index is 13.0. The number of aromatic nitrogens is 1. The van der Waals surface area contributed by atoms with Crippen molar-refractivity contribution in [3.8, 4) is 0 Å². The first-order valence-corrected chi connectivity index (χ1v) is 8.91. The van der Waals surface area contributed by atoms with Crippen LogP contribution in [-0.4, -0.2) is 64.7 Å². The fourth-order valence-electron chi connectivity index (χ4n) is 3.62. The van der Waals surface area contributed by atoms with Gasteiger partial charge in [0, 0.05) is 38.6 Å². The molecular weight excluding hydrogens is 322 g/mol. The third kappa shape index (κ3) is 3.76. The van der Waals surface area contributed by atoms with Crippen LogP contribution in [-0.2, 0) is 17.7 Å². The van der Waals surface area contributed by atoms with Gasteiger partial charge in [0.1, 0.15) is 0 Å². The van der Waals surface area contributed by atoms with E-state index in [2.05, 4.69) is 4.98 Å². The molecule has 1 atom stereocenters. The molecule has 0 aliphatic carbocycles. The molecule has 1 N–H and O–H groups in total. The van der Waals surface area contributed by atoms with Gasteiger partial charge in [-0.1, -0.05) is 0 Å². The van der Waals surface area contributed by atoms with Gasteiger partial charge in [0.25, 0.3) is 5.91 Å². The number of fused-ring (bicyclic) bond motifs is 1. The van der Waals surface area contributed by atoms with Crippen molar-refractivity contribution in [2.24, 2.45) is 5.92 Å². The van der Waals surface area contributed by atoms with Crippen molar-refractivity contribution in [2.75, 3.05) is 32.8 Å². The lowest BCUT2D eigenvalue weighted by Gasteiger charge is -2.33. The monoisotopic (exact) mass is 347 g/mol. The Morgan fingerprint density at radius 2 is 2.16 bits per heavy atom. The van der Waals surface area contributed by atoms with Gasteiger partial charge in [-0.25, -0.2) is 4.79 Å². The van der Waals surface area contributed by atoms with Gasteiger partial charge < -0.3 is 19.6 Å². The summed E-state index contributed by atoms with van der Waals surface area (Å²) in [6.45, 7) is 4.51. The highest BCUT2D eigenvalue weighted by Crippen LogP contribution is 2.25. The zero-order chi connectivity index (χ0) is 17.8. The molecule has 2 aliphatic rings. The minimum absolute atomic E-state index is 0.0212. The molecular formula is C18H25N3O4. The number of aliphatic hydroxyl groups is 1. The van der Waals surface area contributed by atoms with Crippen molar-refractivity contribution in [3.05, 3.63) is 29.1 Å². The molecule has 0 bridgehead atoms. The van der Waals surface area contributed by atoms with Crippen LogP contribution in [0.25, 0.3) is 0 Å². The molecule has 0 saturated carbocycles. The number of carbonyl (C=O) groups excluding carboxylic acids is 2. The zero-order valence-electron chi connectivity index (χ0n) is 14.6. The molecule has 136 valence electrons. The highest BCUT2D eigenvalue weighted by molar-refractivity contribution is 5.96. The quantitative estimate of drug-likeness (QED) is 0.895. The third-order valence-corrected chi connectivity index (χ3v) is 4.96. The number of aliphatic hydroxyl groups excluding tert-OH is 1. The summed E-state index contributed by atoms with van der Waals surface area (Å²) in [4.78, 5) is 32.6. The van der Waals surface area contributed by atoms with Gasteiger partial charge in [-0.05, 0) is 43.2 Å². The van der Waals surface area contributed by atoms with Crippen LogP contribution in [0.15, 0.2) is 12.4 Å². The Balaban J connectivity index is 1.77. The van der Waals surface area contributed by atoms with Crippen LogP contribution in [0.4, 0.5) is 4.79 Å². The molecule has 7 heteroatoms. The van der Waals surface area contributed by atoms with E-state index in [4.69, 9.17) is 4.74 Å². The summed E-state index contributed by atoms with van der Waals surface area (Å²) in [5, 5.41) is 9.38. The molecule has 7 nitrogen and oxygen atoms in total. The summed E-state index contributed by atoms with van der Waals surface area (Å²) >= 11 is 0. The topological polar surface area (TPSA) is 83.0 Å². The minimum Gasteiger partial charge on any atom is -0.450 e. The van der Waals surface area contributed by atoms with Gasteiger partial charge in [0.05, 0.1) is 18.7 Å². The summed E-state index contributed by atoms with van der Waals surface area (Å²) in [5.41, 5.74) is 2.51. The van der Waals surface area contributed by atoms with E-state index in [0.29, 0.717) is 44.8 Å². The Morgan fingerprint density at radius 3 is 2.92 bits per heavy atom. The van der Waals surface area contributed by atoms with Crippen molar-refractivity contribution < 1.29 is 19.4 Å². The molecule has 0 radical (unpaired) electrons. The maximum atomic E-state index is 13.0. The molecule has 1 aromatic rings. The van der Waals surface area contributed by atoms with Crippen molar-refractivity contribution in [2.45, 2.75) is 32.7 Å². The number of rotatable bonds is 3. The van der Waals surface area contributed by atoms with Crippen LogP contribution in [0.3, 0.4) is 0 Å². The highest BCUT2D eigenvalue weighted by Gasteiger charge is 2.29. The average Bonchev–Trinajstić information content (AvgIpc) is 2.66. The number of hydrogen-bond donors (Lipinski definition) is 1. The first kappa shape index (κ1) is 17.7. The second-order valence-electron chi connectivity index (χ2n) is 6.64. The van der Waals surface area contributed by atoms with E-state index in [1.807, 2.05) is 4.90 Å². The molecule has 1 fully saturated rings. The van der Waals surface area contributed by atoms with E-state index in [1.165, 1.54) is 0 Å². The molecule has 1 unspecified atom stereocenters. The Morgan fingerprint density at radius 1 is 1.32 bits per heavy atom. The van der Waals surface area contributed by atoms with E-state index in [1.54, 1.807) is 24.2 Å². The van der Waals surface area contributed by atoms with Gasteiger partial charge in [0.2, 0.25) is 0 Å². The van der Waals surface area contributed by atoms with Gasteiger partial charge in [0.15, 0.2) is 0 Å². The normalized spacial score (nSPS) is 20.2. The van der Waals surface area contributed by atoms with Crippen LogP contribution in [0, 0.1) is 5.92 Å². The Labute approximate surface area is 147 Å². The molecule has 2 aliphatic heterocycles. The van der Waals surface area contributed by atoms with Crippen LogP contribution < -0.4 is 0 Å². The predicted molar refractivity (Wildman–Crippen MR) is 91.1 cm³/mol. The van der Waals surface area contributed by atoms with Crippen molar-refractivity contribution in [3.63, 3.8) is 0 Å². The lowest BCUT2D eigenvalue weighted by atomic mass is 9.94. The number of likely N-dealkylation sites (tertiary alicyclic amines) is 1. The van der Waals surface area contributed by atoms with Crippen LogP contribution in [0.1, 0.15) is 41.3 Å². The van der Waals surface area contributed by atoms with Crippen LogP contribution in [0.2, 0.25) is 0 Å². The number of amides is 2. The summed E-state index contributed by atoms with van der Waals surface area (Å²) in [6.07, 6.45) is 5.52. The van der Waals surface area contributed by atoms with E-state index in [-0.39, 0.29) is 24.5 Å². The van der Waals surface area contributed by atoms with Crippen molar-refractivity contribution in [1.29, 1.82) is 0 Å². The van der Waals surface area contributed by atoms with Gasteiger partial charge in [-0.15, -0.1) is 0 Å². The third-order valence-electron chi connectivity index (χ3n) is 4.96. The van der Waals surface area contributed by atoms with Gasteiger partial charge >= 0.3 is 6.09 Å². The average molecular weight is 347 g/mol. The number of nitrogens with zero attached hydrogens (tertiary/aromatic N) is 3. The van der Waals surface area contributed by atoms with Gasteiger partial charge in [-0.2, -0.15) is 0 Å². The molecule has 3 rings (SSSR count). The Kier molecular flexibility index (Phi) is 5.53.